The highest BCUT2D eigenvalue weighted by molar-refractivity contribution is 7.16. The highest BCUT2D eigenvalue weighted by Gasteiger charge is 2.12. The predicted molar refractivity (Wildman–Crippen MR) is 81.2 cm³/mol. The van der Waals surface area contributed by atoms with Crippen LogP contribution in [0.15, 0.2) is 36.0 Å². The Bertz CT molecular complexity index is 802. The van der Waals surface area contributed by atoms with Crippen molar-refractivity contribution in [3.8, 4) is 0 Å². The fourth-order valence-electron chi connectivity index (χ4n) is 1.76. The molecule has 0 spiro atoms. The lowest BCUT2D eigenvalue weighted by Gasteiger charge is -2.07. The summed E-state index contributed by atoms with van der Waals surface area (Å²) in [6.07, 6.45) is 1.36. The number of nitrogens with zero attached hydrogens (tertiary/aromatic N) is 2. The lowest BCUT2D eigenvalue weighted by molar-refractivity contribution is 0.102. The van der Waals surface area contributed by atoms with E-state index in [-0.39, 0.29) is 16.7 Å². The van der Waals surface area contributed by atoms with E-state index < -0.39 is 0 Å². The van der Waals surface area contributed by atoms with Crippen molar-refractivity contribution in [2.45, 2.75) is 0 Å². The van der Waals surface area contributed by atoms with E-state index in [1.165, 1.54) is 23.6 Å². The topological polar surface area (TPSA) is 80.9 Å². The SMILES string of the molecule is Nc1cc(C(=O)Nc2ccc3ncsc3c2)c(Cl)cn1. The molecule has 0 saturated heterocycles. The van der Waals surface area contributed by atoms with Crippen molar-refractivity contribution in [1.82, 2.24) is 9.97 Å². The summed E-state index contributed by atoms with van der Waals surface area (Å²) in [6.45, 7) is 0. The molecule has 3 aromatic rings. The Kier molecular flexibility index (Phi) is 3.25. The van der Waals surface area contributed by atoms with E-state index in [1.807, 2.05) is 12.1 Å². The minimum atomic E-state index is -0.326. The largest absolute Gasteiger partial charge is 0.384 e. The first-order valence-corrected chi connectivity index (χ1v) is 6.95. The third-order valence-electron chi connectivity index (χ3n) is 2.71. The number of rotatable bonds is 2. The number of thiazole rings is 1. The Morgan fingerprint density at radius 2 is 2.15 bits per heavy atom. The van der Waals surface area contributed by atoms with Gasteiger partial charge in [0.05, 0.1) is 26.3 Å². The summed E-state index contributed by atoms with van der Waals surface area (Å²) >= 11 is 7.46. The first-order valence-electron chi connectivity index (χ1n) is 5.69. The van der Waals surface area contributed by atoms with E-state index in [0.717, 1.165) is 10.2 Å². The second-order valence-electron chi connectivity index (χ2n) is 4.08. The fraction of sp³-hybridized carbons (Fsp3) is 0. The van der Waals surface area contributed by atoms with Crippen molar-refractivity contribution in [2.24, 2.45) is 0 Å². The molecule has 0 unspecified atom stereocenters. The minimum absolute atomic E-state index is 0.248. The zero-order chi connectivity index (χ0) is 14.1. The minimum Gasteiger partial charge on any atom is -0.384 e. The molecule has 1 aromatic carbocycles. The van der Waals surface area contributed by atoms with E-state index in [4.69, 9.17) is 17.3 Å². The van der Waals surface area contributed by atoms with Gasteiger partial charge >= 0.3 is 0 Å². The molecule has 0 radical (unpaired) electrons. The van der Waals surface area contributed by atoms with Crippen molar-refractivity contribution in [3.05, 3.63) is 46.6 Å². The highest BCUT2D eigenvalue weighted by atomic mass is 35.5. The zero-order valence-electron chi connectivity index (χ0n) is 10.1. The molecule has 0 bridgehead atoms. The van der Waals surface area contributed by atoms with Gasteiger partial charge < -0.3 is 11.1 Å². The summed E-state index contributed by atoms with van der Waals surface area (Å²) < 4.78 is 1.00. The smallest absolute Gasteiger partial charge is 0.257 e. The van der Waals surface area contributed by atoms with Crippen LogP contribution < -0.4 is 11.1 Å². The number of fused-ring (bicyclic) bond motifs is 1. The van der Waals surface area contributed by atoms with Gasteiger partial charge in [-0.05, 0) is 24.3 Å². The number of hydrogen-bond donors (Lipinski definition) is 2. The molecule has 0 saturated carbocycles. The first-order chi connectivity index (χ1) is 9.63. The number of nitrogens with one attached hydrogen (secondary N) is 1. The maximum atomic E-state index is 12.2. The van der Waals surface area contributed by atoms with E-state index in [2.05, 4.69) is 15.3 Å². The van der Waals surface area contributed by atoms with Gasteiger partial charge in [-0.25, -0.2) is 9.97 Å². The Morgan fingerprint density at radius 3 is 3.00 bits per heavy atom. The third-order valence-corrected chi connectivity index (χ3v) is 3.80. The van der Waals surface area contributed by atoms with Gasteiger partial charge in [0.1, 0.15) is 5.82 Å². The average Bonchev–Trinajstić information content (AvgIpc) is 2.89. The standard InChI is InChI=1S/C13H9ClN4OS/c14-9-5-16-12(15)4-8(9)13(19)18-7-1-2-10-11(3-7)20-6-17-10/h1-6H,(H2,15,16)(H,18,19). The van der Waals surface area contributed by atoms with Gasteiger partial charge in [0.15, 0.2) is 0 Å². The molecule has 3 rings (SSSR count). The molecule has 2 aromatic heterocycles. The van der Waals surface area contributed by atoms with Gasteiger partial charge in [-0.2, -0.15) is 0 Å². The molecule has 7 heteroatoms. The molecule has 0 aliphatic heterocycles. The van der Waals surface area contributed by atoms with Crippen molar-refractivity contribution in [3.63, 3.8) is 0 Å². The van der Waals surface area contributed by atoms with Crippen LogP contribution in [0.4, 0.5) is 11.5 Å². The number of nitrogens with two attached hydrogens (primary N) is 1. The number of nitrogen functional groups attached to an aromatic ring is 1. The highest BCUT2D eigenvalue weighted by Crippen LogP contribution is 2.23. The van der Waals surface area contributed by atoms with Crippen LogP contribution in [-0.2, 0) is 0 Å². The molecule has 3 N–H and O–H groups in total. The van der Waals surface area contributed by atoms with E-state index in [9.17, 15) is 4.79 Å². The number of pyridine rings is 1. The van der Waals surface area contributed by atoms with Gasteiger partial charge in [-0.1, -0.05) is 11.6 Å². The number of carbonyl (C=O) groups excluding carboxylic acids is 1. The summed E-state index contributed by atoms with van der Waals surface area (Å²) in [5.41, 5.74) is 9.20. The lowest BCUT2D eigenvalue weighted by atomic mass is 10.2. The Labute approximate surface area is 123 Å². The van der Waals surface area contributed by atoms with Gasteiger partial charge in [0.25, 0.3) is 5.91 Å². The van der Waals surface area contributed by atoms with E-state index >= 15 is 0 Å². The molecule has 0 aliphatic rings. The number of amides is 1. The molecular weight excluding hydrogens is 296 g/mol. The molecule has 1 amide bonds. The summed E-state index contributed by atoms with van der Waals surface area (Å²) in [5, 5.41) is 3.04. The predicted octanol–water partition coefficient (Wildman–Crippen LogP) is 3.18. The van der Waals surface area contributed by atoms with Gasteiger partial charge in [0.2, 0.25) is 0 Å². The summed E-state index contributed by atoms with van der Waals surface area (Å²) in [6, 6.07) is 6.95. The number of halogens is 1. The summed E-state index contributed by atoms with van der Waals surface area (Å²) in [4.78, 5) is 20.2. The van der Waals surface area contributed by atoms with E-state index in [0.29, 0.717) is 11.3 Å². The Morgan fingerprint density at radius 1 is 1.30 bits per heavy atom. The normalized spacial score (nSPS) is 10.7. The molecule has 2 heterocycles. The third kappa shape index (κ3) is 2.43. The summed E-state index contributed by atoms with van der Waals surface area (Å²) in [5.74, 6) is -0.0783. The average molecular weight is 305 g/mol. The second-order valence-corrected chi connectivity index (χ2v) is 5.37. The van der Waals surface area contributed by atoms with Crippen LogP contribution in [0, 0.1) is 0 Å². The van der Waals surface area contributed by atoms with Gasteiger partial charge in [-0.3, -0.25) is 4.79 Å². The van der Waals surface area contributed by atoms with Gasteiger partial charge in [-0.15, -0.1) is 11.3 Å². The van der Waals surface area contributed by atoms with Crippen molar-refractivity contribution in [1.29, 1.82) is 0 Å². The number of hydrogen-bond acceptors (Lipinski definition) is 5. The number of anilines is 2. The summed E-state index contributed by atoms with van der Waals surface area (Å²) in [7, 11) is 0. The van der Waals surface area contributed by atoms with Crippen LogP contribution >= 0.6 is 22.9 Å². The maximum absolute atomic E-state index is 12.2. The zero-order valence-corrected chi connectivity index (χ0v) is 11.7. The number of benzene rings is 1. The molecule has 0 atom stereocenters. The van der Waals surface area contributed by atoms with Crippen LogP contribution in [0.5, 0.6) is 0 Å². The molecule has 20 heavy (non-hydrogen) atoms. The monoisotopic (exact) mass is 304 g/mol. The Hall–Kier alpha value is -2.18. The molecule has 5 nitrogen and oxygen atoms in total. The number of aromatic nitrogens is 2. The van der Waals surface area contributed by atoms with Crippen molar-refractivity contribution < 1.29 is 4.79 Å². The molecule has 100 valence electrons. The van der Waals surface area contributed by atoms with Crippen LogP contribution in [0.2, 0.25) is 5.02 Å². The quantitative estimate of drug-likeness (QED) is 0.762. The van der Waals surface area contributed by atoms with Crippen LogP contribution in [0.1, 0.15) is 10.4 Å². The molecule has 0 fully saturated rings. The maximum Gasteiger partial charge on any atom is 0.257 e. The lowest BCUT2D eigenvalue weighted by Crippen LogP contribution is -2.13. The number of carbonyl (C=O) groups is 1. The fourth-order valence-corrected chi connectivity index (χ4v) is 2.67. The second kappa shape index (κ2) is 5.07. The van der Waals surface area contributed by atoms with Crippen molar-refractivity contribution in [2.75, 3.05) is 11.1 Å². The Balaban J connectivity index is 1.89. The molecular formula is C13H9ClN4OS. The van der Waals surface area contributed by atoms with Crippen LogP contribution in [-0.4, -0.2) is 15.9 Å². The molecule has 0 aliphatic carbocycles. The van der Waals surface area contributed by atoms with Crippen LogP contribution in [0.25, 0.3) is 10.2 Å². The first kappa shape index (κ1) is 12.8. The van der Waals surface area contributed by atoms with Gasteiger partial charge in [0, 0.05) is 11.9 Å². The van der Waals surface area contributed by atoms with Crippen LogP contribution in [0.3, 0.4) is 0 Å². The van der Waals surface area contributed by atoms with E-state index in [1.54, 1.807) is 11.6 Å². The van der Waals surface area contributed by atoms with Crippen molar-refractivity contribution >= 4 is 50.6 Å².